The van der Waals surface area contributed by atoms with E-state index in [1.54, 1.807) is 37.3 Å². The number of nitrogens with one attached hydrogen (secondary N) is 3. The van der Waals surface area contributed by atoms with E-state index in [2.05, 4.69) is 15.4 Å². The Labute approximate surface area is 397 Å². The molecule has 5 aliphatic rings. The van der Waals surface area contributed by atoms with Crippen molar-refractivity contribution in [2.45, 2.75) is 133 Å². The van der Waals surface area contributed by atoms with Gasteiger partial charge in [0.15, 0.2) is 0 Å². The predicted molar refractivity (Wildman–Crippen MR) is 251 cm³/mol. The molecule has 3 aliphatic carbocycles. The second-order valence-corrected chi connectivity index (χ2v) is 23.4. The van der Waals surface area contributed by atoms with Crippen molar-refractivity contribution in [3.8, 4) is 17.4 Å². The molecule has 5 heterocycles. The van der Waals surface area contributed by atoms with Gasteiger partial charge in [0.1, 0.15) is 46.2 Å². The van der Waals surface area contributed by atoms with Gasteiger partial charge >= 0.3 is 5.97 Å². The quantitative estimate of drug-likeness (QED) is 0.0740. The summed E-state index contributed by atoms with van der Waals surface area (Å²) < 4.78 is 52.1. The van der Waals surface area contributed by atoms with Gasteiger partial charge < -0.3 is 34.5 Å². The summed E-state index contributed by atoms with van der Waals surface area (Å²) in [5.41, 5.74) is -0.414. The predicted octanol–water partition coefficient (Wildman–Crippen LogP) is 6.56. The molecule has 67 heavy (non-hydrogen) atoms. The second-order valence-electron chi connectivity index (χ2n) is 18.6. The highest BCUT2D eigenvalue weighted by Crippen LogP contribution is 2.48. The molecule has 356 valence electrons. The zero-order valence-electron chi connectivity index (χ0n) is 37.9. The van der Waals surface area contributed by atoms with Crippen molar-refractivity contribution >= 4 is 73.2 Å². The molecule has 4 amide bonds. The highest BCUT2D eigenvalue weighted by molar-refractivity contribution is 7.91. The average Bonchev–Trinajstić information content (AvgIpc) is 4.24. The Balaban J connectivity index is 1.01. The molecule has 3 saturated carbocycles. The molecule has 4 fully saturated rings. The minimum atomic E-state index is -4.03. The van der Waals surface area contributed by atoms with Crippen molar-refractivity contribution in [1.82, 2.24) is 25.2 Å². The number of aromatic nitrogens is 1. The SMILES string of the molecule is Cc1ccc(C(=O)NC2CCCCCC=CC3CC3(C(=O)NS(=O)(=O)C3(C)CC3)NC(=O)C3CC(Oc4cc(OC5CC5)nc5c(C)c(OCOC(=O)c6ccc(C)s6)ccc45)CN3C2=O)s1. The normalized spacial score (nSPS) is 24.9. The summed E-state index contributed by atoms with van der Waals surface area (Å²) in [5, 5.41) is 6.50. The first kappa shape index (κ1) is 46.6. The maximum absolute atomic E-state index is 14.9. The Kier molecular flexibility index (Phi) is 12.9. The number of pyridine rings is 1. The summed E-state index contributed by atoms with van der Waals surface area (Å²) in [5.74, 6) is -2.16. The van der Waals surface area contributed by atoms with E-state index < -0.39 is 74.0 Å². The van der Waals surface area contributed by atoms with Crippen LogP contribution in [0.15, 0.2) is 54.6 Å². The number of amides is 4. The molecule has 0 bridgehead atoms. The number of allylic oxidation sites excluding steroid dienone is 1. The molecule has 16 nitrogen and oxygen atoms in total. The topological polar surface area (TPSA) is 209 Å². The molecule has 19 heteroatoms. The van der Waals surface area contributed by atoms with Gasteiger partial charge in [-0.1, -0.05) is 25.0 Å². The van der Waals surface area contributed by atoms with E-state index >= 15 is 0 Å². The number of ether oxygens (including phenoxy) is 4. The lowest BCUT2D eigenvalue weighted by atomic mass is 10.0. The van der Waals surface area contributed by atoms with E-state index in [-0.39, 0.29) is 32.3 Å². The van der Waals surface area contributed by atoms with Gasteiger partial charge in [-0.05, 0) is 115 Å². The number of fused-ring (bicyclic) bond motifs is 3. The molecule has 4 aromatic rings. The van der Waals surface area contributed by atoms with E-state index in [1.807, 2.05) is 45.1 Å². The Bertz CT molecular complexity index is 2760. The third kappa shape index (κ3) is 10.0. The zero-order chi connectivity index (χ0) is 47.3. The van der Waals surface area contributed by atoms with E-state index in [0.717, 1.165) is 35.4 Å². The third-order valence-electron chi connectivity index (χ3n) is 13.3. The van der Waals surface area contributed by atoms with Crippen LogP contribution in [-0.2, 0) is 29.1 Å². The summed E-state index contributed by atoms with van der Waals surface area (Å²) in [7, 11) is -4.03. The van der Waals surface area contributed by atoms with Gasteiger partial charge in [0.25, 0.3) is 11.8 Å². The molecule has 5 atom stereocenters. The molecular weight excluding hydrogens is 919 g/mol. The second kappa shape index (κ2) is 18.5. The number of benzene rings is 1. The molecule has 2 aliphatic heterocycles. The Hall–Kier alpha value is -5.53. The van der Waals surface area contributed by atoms with Crippen LogP contribution in [-0.4, -0.2) is 95.8 Å². The van der Waals surface area contributed by atoms with Crippen LogP contribution in [0.2, 0.25) is 0 Å². The fraction of sp³-hybridized carbons (Fsp3) is 0.500. The first-order valence-corrected chi connectivity index (χ1v) is 26.0. The van der Waals surface area contributed by atoms with Crippen molar-refractivity contribution in [2.75, 3.05) is 13.3 Å². The summed E-state index contributed by atoms with van der Waals surface area (Å²) in [6.07, 6.45) is 9.00. The van der Waals surface area contributed by atoms with E-state index in [0.29, 0.717) is 75.7 Å². The minimum Gasteiger partial charge on any atom is -0.488 e. The molecule has 9 rings (SSSR count). The molecule has 1 saturated heterocycles. The van der Waals surface area contributed by atoms with Gasteiger partial charge in [-0.25, -0.2) is 18.2 Å². The molecule has 1 aromatic carbocycles. The molecule has 0 radical (unpaired) electrons. The smallest absolute Gasteiger partial charge is 0.351 e. The molecule has 0 spiro atoms. The zero-order valence-corrected chi connectivity index (χ0v) is 40.3. The highest BCUT2D eigenvalue weighted by Gasteiger charge is 2.63. The third-order valence-corrected chi connectivity index (χ3v) is 17.5. The largest absolute Gasteiger partial charge is 0.488 e. The van der Waals surface area contributed by atoms with Gasteiger partial charge in [-0.3, -0.25) is 23.9 Å². The van der Waals surface area contributed by atoms with Gasteiger partial charge in [-0.2, -0.15) is 0 Å². The molecule has 3 N–H and O–H groups in total. The van der Waals surface area contributed by atoms with Crippen LogP contribution in [0.25, 0.3) is 10.9 Å². The highest BCUT2D eigenvalue weighted by atomic mass is 32.2. The van der Waals surface area contributed by atoms with Crippen molar-refractivity contribution in [2.24, 2.45) is 5.92 Å². The average molecular weight is 974 g/mol. The van der Waals surface area contributed by atoms with Crippen molar-refractivity contribution in [1.29, 1.82) is 0 Å². The fourth-order valence-electron chi connectivity index (χ4n) is 8.70. The number of sulfonamides is 1. The van der Waals surface area contributed by atoms with Crippen LogP contribution in [0.5, 0.6) is 17.4 Å². The van der Waals surface area contributed by atoms with Gasteiger partial charge in [0, 0.05) is 39.1 Å². The summed E-state index contributed by atoms with van der Waals surface area (Å²) in [6, 6.07) is 10.2. The number of esters is 1. The lowest BCUT2D eigenvalue weighted by molar-refractivity contribution is -0.141. The van der Waals surface area contributed by atoms with Crippen molar-refractivity contribution in [3.63, 3.8) is 0 Å². The van der Waals surface area contributed by atoms with Crippen LogP contribution in [0.3, 0.4) is 0 Å². The molecule has 5 unspecified atom stereocenters. The maximum atomic E-state index is 14.9. The summed E-state index contributed by atoms with van der Waals surface area (Å²) in [4.78, 5) is 79.1. The van der Waals surface area contributed by atoms with Crippen LogP contribution in [0.1, 0.15) is 112 Å². The van der Waals surface area contributed by atoms with Crippen LogP contribution >= 0.6 is 22.7 Å². The van der Waals surface area contributed by atoms with E-state index in [1.165, 1.54) is 27.6 Å². The minimum absolute atomic E-state index is 0.00880. The van der Waals surface area contributed by atoms with Crippen molar-refractivity contribution in [3.05, 3.63) is 79.7 Å². The summed E-state index contributed by atoms with van der Waals surface area (Å²) in [6.45, 7) is 6.83. The number of rotatable bonds is 13. The number of carbonyl (C=O) groups excluding carboxylic acids is 5. The molecule has 3 aromatic heterocycles. The Morgan fingerprint density at radius 3 is 2.36 bits per heavy atom. The fourth-order valence-corrected chi connectivity index (χ4v) is 11.5. The van der Waals surface area contributed by atoms with E-state index in [9.17, 15) is 32.4 Å². The standard InChI is InChI=1S/C48H55N5O11S3/c1-27-12-18-38(65-27)43(55)49-34-11-9-7-5-6-8-10-30-24-48(30,46(58)52-67(59,60)47(4)20-21-47)51-42(54)35-22-32(25-53(35)44(34)56)63-37-23-40(64-31-14-15-31)50-41-29(3)36(17-16-33(37)41)61-26-62-45(57)39-19-13-28(2)66-39/h8,10,12-13,16-19,23,30-32,34-35H,5-7,9,11,14-15,20-22,24-26H2,1-4H3,(H,49,55)(H,51,54)(H,52,58). The number of hydrogen-bond donors (Lipinski definition) is 3. The number of thiophene rings is 2. The lowest BCUT2D eigenvalue weighted by Gasteiger charge is -2.30. The Morgan fingerprint density at radius 2 is 1.66 bits per heavy atom. The Morgan fingerprint density at radius 1 is 0.910 bits per heavy atom. The lowest BCUT2D eigenvalue weighted by Crippen LogP contribution is -2.58. The number of carbonyl (C=O) groups is 5. The van der Waals surface area contributed by atoms with Crippen molar-refractivity contribution < 1.29 is 51.3 Å². The maximum Gasteiger partial charge on any atom is 0.351 e. The number of aryl methyl sites for hydroxylation is 3. The number of nitrogens with zero attached hydrogens (tertiary/aromatic N) is 2. The van der Waals surface area contributed by atoms with Crippen LogP contribution < -0.4 is 29.6 Å². The van der Waals surface area contributed by atoms with E-state index in [4.69, 9.17) is 23.9 Å². The van der Waals surface area contributed by atoms with Gasteiger partial charge in [-0.15, -0.1) is 22.7 Å². The molecular formula is C48H55N5O11S3. The summed E-state index contributed by atoms with van der Waals surface area (Å²) >= 11 is 2.65. The number of hydrogen-bond acceptors (Lipinski definition) is 14. The first-order valence-electron chi connectivity index (χ1n) is 22.9. The van der Waals surface area contributed by atoms with Gasteiger partial charge in [0.05, 0.1) is 21.7 Å². The monoisotopic (exact) mass is 973 g/mol. The van der Waals surface area contributed by atoms with Gasteiger partial charge in [0.2, 0.25) is 34.5 Å². The first-order chi connectivity index (χ1) is 32.0. The van der Waals surface area contributed by atoms with Crippen LogP contribution in [0.4, 0.5) is 0 Å². The van der Waals surface area contributed by atoms with Crippen LogP contribution in [0, 0.1) is 26.7 Å².